The van der Waals surface area contributed by atoms with Gasteiger partial charge in [-0.1, -0.05) is 0 Å². The van der Waals surface area contributed by atoms with Crippen molar-refractivity contribution in [2.24, 2.45) is 5.73 Å². The number of carbonyl (C=O) groups excluding carboxylic acids is 2. The van der Waals surface area contributed by atoms with Crippen LogP contribution in [0.3, 0.4) is 0 Å². The largest absolute Gasteiger partial charge is 0.496 e. The van der Waals surface area contributed by atoms with Crippen molar-refractivity contribution in [3.05, 3.63) is 30.1 Å². The zero-order valence-electron chi connectivity index (χ0n) is 13.0. The van der Waals surface area contributed by atoms with Gasteiger partial charge in [0.25, 0.3) is 5.91 Å². The van der Waals surface area contributed by atoms with Crippen molar-refractivity contribution >= 4 is 28.5 Å². The Labute approximate surface area is 137 Å². The molecule has 0 spiro atoms. The lowest BCUT2D eigenvalue weighted by Gasteiger charge is -2.21. The predicted octanol–water partition coefficient (Wildman–Crippen LogP) is 0.639. The number of hydrogen-bond acceptors (Lipinski definition) is 6. The molecule has 124 valence electrons. The van der Waals surface area contributed by atoms with E-state index in [2.05, 4.69) is 15.2 Å². The Morgan fingerprint density at radius 2 is 2.25 bits per heavy atom. The van der Waals surface area contributed by atoms with Crippen molar-refractivity contribution in [3.8, 4) is 5.75 Å². The highest BCUT2D eigenvalue weighted by Gasteiger charge is 2.42. The van der Waals surface area contributed by atoms with Crippen LogP contribution >= 0.6 is 0 Å². The molecule has 0 unspecified atom stereocenters. The minimum atomic E-state index is -0.550. The average molecular weight is 328 g/mol. The number of ether oxygens (including phenoxy) is 2. The molecular formula is C16H16N4O4. The molecule has 1 aromatic heterocycles. The standard InChI is InChI=1S/C16H16N4O4/c1-23-13-3-9-8(2-10(13)15(17)21)4-18-5-12(9)20-6-11-14(7-20)24-16(22)19-11/h2-5,11,14H,6-7H2,1H3,(H2,17,21)(H,19,22)/t11-,14+/m1/s1. The van der Waals surface area contributed by atoms with Gasteiger partial charge in [0.15, 0.2) is 0 Å². The summed E-state index contributed by atoms with van der Waals surface area (Å²) in [6.45, 7) is 1.22. The molecule has 3 heterocycles. The van der Waals surface area contributed by atoms with Crippen LogP contribution in [-0.2, 0) is 4.74 Å². The van der Waals surface area contributed by atoms with Gasteiger partial charge in [-0.15, -0.1) is 0 Å². The molecule has 2 saturated heterocycles. The third kappa shape index (κ3) is 2.18. The molecule has 2 atom stereocenters. The highest BCUT2D eigenvalue weighted by molar-refractivity contribution is 6.03. The second kappa shape index (κ2) is 5.26. The summed E-state index contributed by atoms with van der Waals surface area (Å²) in [6.07, 6.45) is 2.90. The summed E-state index contributed by atoms with van der Waals surface area (Å²) in [4.78, 5) is 29.2. The van der Waals surface area contributed by atoms with Crippen LogP contribution in [0, 0.1) is 0 Å². The number of rotatable bonds is 3. The van der Waals surface area contributed by atoms with Crippen molar-refractivity contribution in [1.82, 2.24) is 10.3 Å². The third-order valence-electron chi connectivity index (χ3n) is 4.49. The van der Waals surface area contributed by atoms with E-state index in [0.717, 1.165) is 16.5 Å². The zero-order chi connectivity index (χ0) is 16.8. The van der Waals surface area contributed by atoms with Crippen LogP contribution in [0.2, 0.25) is 0 Å². The summed E-state index contributed by atoms with van der Waals surface area (Å²) in [7, 11) is 1.50. The topological polar surface area (TPSA) is 107 Å². The van der Waals surface area contributed by atoms with Crippen LogP contribution in [0.4, 0.5) is 10.5 Å². The minimum absolute atomic E-state index is 0.0282. The molecule has 2 aliphatic heterocycles. The molecule has 24 heavy (non-hydrogen) atoms. The Hall–Kier alpha value is -3.03. The van der Waals surface area contributed by atoms with Crippen molar-refractivity contribution in [3.63, 3.8) is 0 Å². The third-order valence-corrected chi connectivity index (χ3v) is 4.49. The first-order valence-electron chi connectivity index (χ1n) is 7.54. The maximum atomic E-state index is 11.6. The number of anilines is 1. The zero-order valence-corrected chi connectivity index (χ0v) is 13.0. The second-order valence-corrected chi connectivity index (χ2v) is 5.90. The Morgan fingerprint density at radius 3 is 2.96 bits per heavy atom. The van der Waals surface area contributed by atoms with Gasteiger partial charge in [0.2, 0.25) is 0 Å². The summed E-state index contributed by atoms with van der Waals surface area (Å²) in [5.74, 6) is -0.127. The lowest BCUT2D eigenvalue weighted by atomic mass is 10.1. The molecule has 1 aromatic carbocycles. The van der Waals surface area contributed by atoms with E-state index in [9.17, 15) is 9.59 Å². The van der Waals surface area contributed by atoms with Gasteiger partial charge in [-0.05, 0) is 12.1 Å². The summed E-state index contributed by atoms with van der Waals surface area (Å²) in [5.41, 5.74) is 6.62. The van der Waals surface area contributed by atoms with Gasteiger partial charge >= 0.3 is 6.09 Å². The predicted molar refractivity (Wildman–Crippen MR) is 86.2 cm³/mol. The number of methoxy groups -OCH3 is 1. The first-order chi connectivity index (χ1) is 11.6. The normalized spacial score (nSPS) is 22.2. The van der Waals surface area contributed by atoms with Gasteiger partial charge in [-0.2, -0.15) is 0 Å². The molecule has 8 nitrogen and oxygen atoms in total. The van der Waals surface area contributed by atoms with Crippen LogP contribution in [0.25, 0.3) is 10.8 Å². The summed E-state index contributed by atoms with van der Waals surface area (Å²) >= 11 is 0. The molecule has 0 bridgehead atoms. The quantitative estimate of drug-likeness (QED) is 0.856. The lowest BCUT2D eigenvalue weighted by Crippen LogP contribution is -2.32. The molecule has 0 aliphatic carbocycles. The van der Waals surface area contributed by atoms with Crippen LogP contribution in [0.1, 0.15) is 10.4 Å². The fourth-order valence-corrected chi connectivity index (χ4v) is 3.35. The number of alkyl carbamates (subject to hydrolysis) is 1. The fourth-order valence-electron chi connectivity index (χ4n) is 3.35. The van der Waals surface area contributed by atoms with E-state index in [4.69, 9.17) is 15.2 Å². The number of nitrogens with two attached hydrogens (primary N) is 1. The number of pyridine rings is 1. The first kappa shape index (κ1) is 14.6. The first-order valence-corrected chi connectivity index (χ1v) is 7.54. The van der Waals surface area contributed by atoms with Crippen LogP contribution < -0.4 is 20.7 Å². The van der Waals surface area contributed by atoms with Gasteiger partial charge in [-0.3, -0.25) is 9.78 Å². The summed E-state index contributed by atoms with van der Waals surface area (Å²) in [5, 5.41) is 4.50. The summed E-state index contributed by atoms with van der Waals surface area (Å²) < 4.78 is 10.5. The Kier molecular flexibility index (Phi) is 3.19. The molecule has 4 rings (SSSR count). The van der Waals surface area contributed by atoms with E-state index >= 15 is 0 Å². The van der Waals surface area contributed by atoms with Gasteiger partial charge < -0.3 is 25.4 Å². The molecule has 3 N–H and O–H groups in total. The highest BCUT2D eigenvalue weighted by atomic mass is 16.6. The minimum Gasteiger partial charge on any atom is -0.496 e. The van der Waals surface area contributed by atoms with Crippen LogP contribution in [-0.4, -0.2) is 49.3 Å². The van der Waals surface area contributed by atoms with Crippen molar-refractivity contribution in [2.75, 3.05) is 25.1 Å². The molecule has 2 aliphatic rings. The lowest BCUT2D eigenvalue weighted by molar-refractivity contribution is 0.0997. The number of hydrogen-bond donors (Lipinski definition) is 2. The monoisotopic (exact) mass is 328 g/mol. The molecule has 2 aromatic rings. The number of nitrogens with one attached hydrogen (secondary N) is 1. The number of amides is 2. The van der Waals surface area contributed by atoms with E-state index in [1.807, 2.05) is 0 Å². The van der Waals surface area contributed by atoms with E-state index in [0.29, 0.717) is 24.4 Å². The van der Waals surface area contributed by atoms with E-state index in [1.165, 1.54) is 7.11 Å². The number of aromatic nitrogens is 1. The molecular weight excluding hydrogens is 312 g/mol. The van der Waals surface area contributed by atoms with E-state index < -0.39 is 5.91 Å². The van der Waals surface area contributed by atoms with E-state index in [-0.39, 0.29) is 18.2 Å². The molecule has 2 fully saturated rings. The number of carbonyl (C=O) groups is 2. The number of primary amides is 1. The molecule has 8 heteroatoms. The SMILES string of the molecule is COc1cc2c(N3C[C@@H]4OC(=O)N[C@@H]4C3)cncc2cc1C(N)=O. The van der Waals surface area contributed by atoms with Crippen molar-refractivity contribution < 1.29 is 19.1 Å². The average Bonchev–Trinajstić information content (AvgIpc) is 3.10. The van der Waals surface area contributed by atoms with Gasteiger partial charge in [0, 0.05) is 23.5 Å². The maximum Gasteiger partial charge on any atom is 0.407 e. The van der Waals surface area contributed by atoms with Gasteiger partial charge in [0.05, 0.1) is 37.1 Å². The van der Waals surface area contributed by atoms with E-state index in [1.54, 1.807) is 24.5 Å². The maximum absolute atomic E-state index is 11.6. The molecule has 0 radical (unpaired) electrons. The Bertz CT molecular complexity index is 837. The Balaban J connectivity index is 1.77. The molecule has 2 amide bonds. The number of benzene rings is 1. The van der Waals surface area contributed by atoms with Crippen LogP contribution in [0.15, 0.2) is 24.5 Å². The fraction of sp³-hybridized carbons (Fsp3) is 0.312. The smallest absolute Gasteiger partial charge is 0.407 e. The number of fused-ring (bicyclic) bond motifs is 2. The number of nitrogens with zero attached hydrogens (tertiary/aromatic N) is 2. The molecule has 0 saturated carbocycles. The van der Waals surface area contributed by atoms with Crippen molar-refractivity contribution in [2.45, 2.75) is 12.1 Å². The second-order valence-electron chi connectivity index (χ2n) is 5.90. The summed E-state index contributed by atoms with van der Waals surface area (Å²) in [6, 6.07) is 3.45. The van der Waals surface area contributed by atoms with Gasteiger partial charge in [-0.25, -0.2) is 4.79 Å². The Morgan fingerprint density at radius 1 is 1.42 bits per heavy atom. The van der Waals surface area contributed by atoms with Crippen LogP contribution in [0.5, 0.6) is 5.75 Å². The highest BCUT2D eigenvalue weighted by Crippen LogP contribution is 2.34. The van der Waals surface area contributed by atoms with Gasteiger partial charge in [0.1, 0.15) is 11.9 Å². The van der Waals surface area contributed by atoms with Crippen molar-refractivity contribution in [1.29, 1.82) is 0 Å².